The number of carbonyl (C=O) groups excluding carboxylic acids is 1. The summed E-state index contributed by atoms with van der Waals surface area (Å²) < 4.78 is 18.7. The maximum Gasteiger partial charge on any atom is 0.323 e. The standard InChI is InChI=1S/C22H24FN3O3/c23-16-7-9-18(10-8-16)29-14-17-4-2-12-26(17)21(27)5-1-3-15-6-11-19-20(13-15)25-22(28)24-19/h6-11,13,17H,1-5,12,14H2,(H2,24,25,28). The Morgan fingerprint density at radius 2 is 1.93 bits per heavy atom. The lowest BCUT2D eigenvalue weighted by molar-refractivity contribution is -0.132. The lowest BCUT2D eigenvalue weighted by Crippen LogP contribution is -2.39. The average Bonchev–Trinajstić information content (AvgIpc) is 3.32. The van der Waals surface area contributed by atoms with Gasteiger partial charge >= 0.3 is 5.69 Å². The topological polar surface area (TPSA) is 78.2 Å². The van der Waals surface area contributed by atoms with Gasteiger partial charge in [0.1, 0.15) is 18.2 Å². The lowest BCUT2D eigenvalue weighted by atomic mass is 10.1. The molecule has 1 unspecified atom stereocenters. The van der Waals surface area contributed by atoms with E-state index in [2.05, 4.69) is 9.97 Å². The Bertz CT molecular complexity index is 1040. The fraction of sp³-hybridized carbons (Fsp3) is 0.364. The van der Waals surface area contributed by atoms with Crippen LogP contribution >= 0.6 is 0 Å². The van der Waals surface area contributed by atoms with Crippen LogP contribution in [0.25, 0.3) is 11.0 Å². The molecule has 6 nitrogen and oxygen atoms in total. The number of nitrogens with zero attached hydrogens (tertiary/aromatic N) is 1. The van der Waals surface area contributed by atoms with Gasteiger partial charge in [-0.2, -0.15) is 0 Å². The van der Waals surface area contributed by atoms with Crippen molar-refractivity contribution in [2.45, 2.75) is 38.1 Å². The largest absolute Gasteiger partial charge is 0.491 e. The molecule has 0 aliphatic carbocycles. The predicted molar refractivity (Wildman–Crippen MR) is 108 cm³/mol. The molecule has 29 heavy (non-hydrogen) atoms. The van der Waals surface area contributed by atoms with Crippen molar-refractivity contribution in [2.75, 3.05) is 13.2 Å². The number of aromatic amines is 2. The molecule has 0 spiro atoms. The summed E-state index contributed by atoms with van der Waals surface area (Å²) in [7, 11) is 0. The highest BCUT2D eigenvalue weighted by Crippen LogP contribution is 2.21. The van der Waals surface area contributed by atoms with Gasteiger partial charge in [0.25, 0.3) is 0 Å². The monoisotopic (exact) mass is 397 g/mol. The Morgan fingerprint density at radius 3 is 2.76 bits per heavy atom. The molecule has 1 aromatic heterocycles. The number of hydrogen-bond donors (Lipinski definition) is 2. The zero-order valence-corrected chi connectivity index (χ0v) is 16.1. The number of halogens is 1. The summed E-state index contributed by atoms with van der Waals surface area (Å²) in [6.45, 7) is 1.18. The van der Waals surface area contributed by atoms with Gasteiger partial charge < -0.3 is 19.6 Å². The van der Waals surface area contributed by atoms with E-state index >= 15 is 0 Å². The number of carbonyl (C=O) groups is 1. The second kappa shape index (κ2) is 8.51. The van der Waals surface area contributed by atoms with Gasteiger partial charge in [-0.1, -0.05) is 6.07 Å². The zero-order chi connectivity index (χ0) is 20.2. The lowest BCUT2D eigenvalue weighted by Gasteiger charge is -2.25. The average molecular weight is 397 g/mol. The molecular weight excluding hydrogens is 373 g/mol. The van der Waals surface area contributed by atoms with Crippen molar-refractivity contribution in [1.29, 1.82) is 0 Å². The molecule has 2 heterocycles. The Morgan fingerprint density at radius 1 is 1.14 bits per heavy atom. The van der Waals surface area contributed by atoms with E-state index in [1.54, 1.807) is 12.1 Å². The first-order valence-electron chi connectivity index (χ1n) is 9.97. The number of ether oxygens (including phenoxy) is 1. The molecule has 1 amide bonds. The number of nitrogens with one attached hydrogen (secondary N) is 2. The van der Waals surface area contributed by atoms with Crippen molar-refractivity contribution in [3.8, 4) is 5.75 Å². The summed E-state index contributed by atoms with van der Waals surface area (Å²) in [4.78, 5) is 31.4. The molecule has 3 aromatic rings. The minimum absolute atomic E-state index is 0.0637. The van der Waals surface area contributed by atoms with Crippen molar-refractivity contribution in [3.05, 3.63) is 64.3 Å². The summed E-state index contributed by atoms with van der Waals surface area (Å²) in [5, 5.41) is 0. The van der Waals surface area contributed by atoms with Crippen LogP contribution in [0.2, 0.25) is 0 Å². The number of benzene rings is 2. The van der Waals surface area contributed by atoms with Crippen molar-refractivity contribution in [1.82, 2.24) is 14.9 Å². The molecule has 0 radical (unpaired) electrons. The molecule has 2 aromatic carbocycles. The van der Waals surface area contributed by atoms with Gasteiger partial charge in [0.15, 0.2) is 0 Å². The summed E-state index contributed by atoms with van der Waals surface area (Å²) in [6, 6.07) is 11.8. The van der Waals surface area contributed by atoms with Crippen LogP contribution in [0.5, 0.6) is 5.75 Å². The van der Waals surface area contributed by atoms with Crippen molar-refractivity contribution < 1.29 is 13.9 Å². The van der Waals surface area contributed by atoms with Crippen LogP contribution in [0.4, 0.5) is 4.39 Å². The molecule has 0 bridgehead atoms. The molecule has 1 atom stereocenters. The maximum atomic E-state index is 13.0. The minimum atomic E-state index is -0.294. The van der Waals surface area contributed by atoms with Gasteiger partial charge in [0, 0.05) is 13.0 Å². The number of H-pyrrole nitrogens is 2. The fourth-order valence-corrected chi connectivity index (χ4v) is 3.88. The van der Waals surface area contributed by atoms with E-state index in [9.17, 15) is 14.0 Å². The van der Waals surface area contributed by atoms with E-state index in [0.717, 1.165) is 48.8 Å². The third-order valence-corrected chi connectivity index (χ3v) is 5.39. The third kappa shape index (κ3) is 4.67. The van der Waals surface area contributed by atoms with E-state index in [4.69, 9.17) is 4.74 Å². The number of hydrogen-bond acceptors (Lipinski definition) is 3. The molecule has 0 saturated carbocycles. The van der Waals surface area contributed by atoms with Crippen LogP contribution in [-0.2, 0) is 11.2 Å². The first-order valence-corrected chi connectivity index (χ1v) is 9.97. The third-order valence-electron chi connectivity index (χ3n) is 5.39. The summed E-state index contributed by atoms with van der Waals surface area (Å²) in [5.41, 5.74) is 2.46. The molecular formula is C22H24FN3O3. The molecule has 2 N–H and O–H groups in total. The van der Waals surface area contributed by atoms with E-state index in [0.29, 0.717) is 18.8 Å². The molecule has 1 aliphatic heterocycles. The number of likely N-dealkylation sites (tertiary alicyclic amines) is 1. The first-order chi connectivity index (χ1) is 14.1. The van der Waals surface area contributed by atoms with Crippen LogP contribution in [0, 0.1) is 5.82 Å². The number of aromatic nitrogens is 2. The fourth-order valence-electron chi connectivity index (χ4n) is 3.88. The van der Waals surface area contributed by atoms with E-state index < -0.39 is 0 Å². The van der Waals surface area contributed by atoms with Crippen molar-refractivity contribution >= 4 is 16.9 Å². The first kappa shape index (κ1) is 19.2. The molecule has 1 saturated heterocycles. The highest BCUT2D eigenvalue weighted by molar-refractivity contribution is 5.77. The van der Waals surface area contributed by atoms with Crippen LogP contribution in [-0.4, -0.2) is 40.0 Å². The van der Waals surface area contributed by atoms with Gasteiger partial charge in [0.05, 0.1) is 17.1 Å². The van der Waals surface area contributed by atoms with E-state index in [1.807, 2.05) is 23.1 Å². The number of amides is 1. The quantitative estimate of drug-likeness (QED) is 0.642. The van der Waals surface area contributed by atoms with Crippen LogP contribution in [0.15, 0.2) is 47.3 Å². The number of fused-ring (bicyclic) bond motifs is 1. The highest BCUT2D eigenvalue weighted by Gasteiger charge is 2.28. The van der Waals surface area contributed by atoms with Crippen LogP contribution in [0.1, 0.15) is 31.2 Å². The van der Waals surface area contributed by atoms with E-state index in [-0.39, 0.29) is 23.5 Å². The minimum Gasteiger partial charge on any atom is -0.491 e. The summed E-state index contributed by atoms with van der Waals surface area (Å²) in [5.74, 6) is 0.465. The van der Waals surface area contributed by atoms with Crippen LogP contribution < -0.4 is 10.4 Å². The van der Waals surface area contributed by atoms with Crippen LogP contribution in [0.3, 0.4) is 0 Å². The maximum absolute atomic E-state index is 13.0. The molecule has 1 aliphatic rings. The molecule has 4 rings (SSSR count). The Kier molecular flexibility index (Phi) is 5.64. The second-order valence-electron chi connectivity index (χ2n) is 7.46. The van der Waals surface area contributed by atoms with Gasteiger partial charge in [-0.25, -0.2) is 9.18 Å². The normalized spacial score (nSPS) is 16.4. The van der Waals surface area contributed by atoms with Gasteiger partial charge in [-0.05, 0) is 67.6 Å². The molecule has 1 fully saturated rings. The molecule has 152 valence electrons. The SMILES string of the molecule is O=C(CCCc1ccc2[nH]c(=O)[nH]c2c1)N1CCCC1COc1ccc(F)cc1. The number of rotatable bonds is 7. The smallest absolute Gasteiger partial charge is 0.323 e. The van der Waals surface area contributed by atoms with Gasteiger partial charge in [-0.3, -0.25) is 4.79 Å². The van der Waals surface area contributed by atoms with Crippen molar-refractivity contribution in [3.63, 3.8) is 0 Å². The zero-order valence-electron chi connectivity index (χ0n) is 16.1. The van der Waals surface area contributed by atoms with Gasteiger partial charge in [-0.15, -0.1) is 0 Å². The summed E-state index contributed by atoms with van der Waals surface area (Å²) in [6.07, 6.45) is 3.90. The van der Waals surface area contributed by atoms with Crippen molar-refractivity contribution in [2.24, 2.45) is 0 Å². The van der Waals surface area contributed by atoms with E-state index in [1.165, 1.54) is 12.1 Å². The summed E-state index contributed by atoms with van der Waals surface area (Å²) >= 11 is 0. The predicted octanol–water partition coefficient (Wildman–Crippen LogP) is 3.39. The second-order valence-corrected chi connectivity index (χ2v) is 7.46. The van der Waals surface area contributed by atoms with Gasteiger partial charge in [0.2, 0.25) is 5.91 Å². The number of aryl methyl sites for hydroxylation is 1. The highest BCUT2D eigenvalue weighted by atomic mass is 19.1. The Balaban J connectivity index is 1.27. The Labute approximate surface area is 167 Å². The molecule has 7 heteroatoms. The number of imidazole rings is 1. The Hall–Kier alpha value is -3.09.